The van der Waals surface area contributed by atoms with Crippen LogP contribution in [0.5, 0.6) is 0 Å². The van der Waals surface area contributed by atoms with Crippen molar-refractivity contribution in [3.63, 3.8) is 0 Å². The van der Waals surface area contributed by atoms with Gasteiger partial charge >= 0.3 is 0 Å². The lowest BCUT2D eigenvalue weighted by atomic mass is 10.1. The number of nitrogens with zero attached hydrogens (tertiary/aromatic N) is 1. The Morgan fingerprint density at radius 1 is 1.04 bits per heavy atom. The van der Waals surface area contributed by atoms with Gasteiger partial charge in [0, 0.05) is 24.3 Å². The molecule has 0 saturated carbocycles. The molecule has 2 aromatic rings. The molecule has 0 atom stereocenters. The van der Waals surface area contributed by atoms with E-state index in [4.69, 9.17) is 0 Å². The Labute approximate surface area is 161 Å². The van der Waals surface area contributed by atoms with Gasteiger partial charge in [-0.2, -0.15) is 4.31 Å². The molecule has 0 bridgehead atoms. The summed E-state index contributed by atoms with van der Waals surface area (Å²) in [4.78, 5) is 12.9. The molecule has 1 heterocycles. The van der Waals surface area contributed by atoms with Crippen molar-refractivity contribution >= 4 is 21.6 Å². The third-order valence-electron chi connectivity index (χ3n) is 5.03. The lowest BCUT2D eigenvalue weighted by Crippen LogP contribution is -2.35. The Morgan fingerprint density at radius 2 is 1.70 bits per heavy atom. The second-order valence-electron chi connectivity index (χ2n) is 6.95. The van der Waals surface area contributed by atoms with Crippen LogP contribution >= 0.6 is 0 Å². The fraction of sp³-hybridized carbons (Fsp3) is 0.381. The zero-order valence-electron chi connectivity index (χ0n) is 15.9. The summed E-state index contributed by atoms with van der Waals surface area (Å²) >= 11 is 0. The smallest absolute Gasteiger partial charge is 0.255 e. The van der Waals surface area contributed by atoms with Crippen LogP contribution in [0.3, 0.4) is 0 Å². The van der Waals surface area contributed by atoms with Crippen LogP contribution in [0.1, 0.15) is 47.7 Å². The summed E-state index contributed by atoms with van der Waals surface area (Å²) in [6, 6.07) is 12.5. The van der Waals surface area contributed by atoms with E-state index in [1.54, 1.807) is 12.1 Å². The SMILES string of the molecule is CCc1ccc(NC(=O)c2cc(S(=O)(=O)N3CCCCC3)ccc2C)cc1. The van der Waals surface area contributed by atoms with Gasteiger partial charge in [-0.25, -0.2) is 8.42 Å². The summed E-state index contributed by atoms with van der Waals surface area (Å²) in [6.45, 7) is 4.97. The molecule has 0 radical (unpaired) electrons. The Kier molecular flexibility index (Phi) is 5.97. The van der Waals surface area contributed by atoms with E-state index in [0.717, 1.165) is 31.2 Å². The Morgan fingerprint density at radius 3 is 2.33 bits per heavy atom. The minimum Gasteiger partial charge on any atom is -0.322 e. The summed E-state index contributed by atoms with van der Waals surface area (Å²) in [6.07, 6.45) is 3.76. The molecule has 0 unspecified atom stereocenters. The predicted molar refractivity (Wildman–Crippen MR) is 108 cm³/mol. The predicted octanol–water partition coefficient (Wildman–Crippen LogP) is 3.98. The number of anilines is 1. The summed E-state index contributed by atoms with van der Waals surface area (Å²) in [5, 5.41) is 2.86. The second kappa shape index (κ2) is 8.23. The molecule has 1 aliphatic heterocycles. The van der Waals surface area contributed by atoms with E-state index < -0.39 is 10.0 Å². The van der Waals surface area contributed by atoms with Gasteiger partial charge in [0.05, 0.1) is 4.90 Å². The first-order chi connectivity index (χ1) is 12.9. The molecule has 6 heteroatoms. The van der Waals surface area contributed by atoms with E-state index >= 15 is 0 Å². The van der Waals surface area contributed by atoms with Crippen molar-refractivity contribution < 1.29 is 13.2 Å². The Balaban J connectivity index is 1.84. The highest BCUT2D eigenvalue weighted by Crippen LogP contribution is 2.23. The van der Waals surface area contributed by atoms with E-state index in [9.17, 15) is 13.2 Å². The van der Waals surface area contributed by atoms with E-state index in [1.807, 2.05) is 31.2 Å². The summed E-state index contributed by atoms with van der Waals surface area (Å²) in [5.74, 6) is -0.299. The minimum atomic E-state index is -3.56. The normalized spacial score (nSPS) is 15.5. The molecule has 1 amide bonds. The Bertz CT molecular complexity index is 915. The number of aryl methyl sites for hydroxylation is 2. The Hall–Kier alpha value is -2.18. The van der Waals surface area contributed by atoms with Gasteiger partial charge in [-0.15, -0.1) is 0 Å². The maximum atomic E-state index is 12.9. The number of piperidine rings is 1. The monoisotopic (exact) mass is 386 g/mol. The van der Waals surface area contributed by atoms with Gasteiger partial charge in [-0.3, -0.25) is 4.79 Å². The molecule has 0 aromatic heterocycles. The molecule has 144 valence electrons. The summed E-state index contributed by atoms with van der Waals surface area (Å²) < 4.78 is 27.3. The molecule has 27 heavy (non-hydrogen) atoms. The van der Waals surface area contributed by atoms with Crippen LogP contribution in [-0.4, -0.2) is 31.7 Å². The van der Waals surface area contributed by atoms with Gasteiger partial charge in [0.1, 0.15) is 0 Å². The fourth-order valence-corrected chi connectivity index (χ4v) is 4.83. The number of carbonyl (C=O) groups excluding carboxylic acids is 1. The molecule has 1 saturated heterocycles. The first-order valence-electron chi connectivity index (χ1n) is 9.43. The number of nitrogens with one attached hydrogen (secondary N) is 1. The molecular weight excluding hydrogens is 360 g/mol. The number of rotatable bonds is 5. The maximum absolute atomic E-state index is 12.9. The zero-order chi connectivity index (χ0) is 19.4. The molecule has 3 rings (SSSR count). The largest absolute Gasteiger partial charge is 0.322 e. The van der Waals surface area contributed by atoms with Crippen molar-refractivity contribution in [2.75, 3.05) is 18.4 Å². The topological polar surface area (TPSA) is 66.5 Å². The van der Waals surface area contributed by atoms with Crippen LogP contribution in [0.15, 0.2) is 47.4 Å². The molecule has 5 nitrogen and oxygen atoms in total. The first kappa shape index (κ1) is 19.6. The van der Waals surface area contributed by atoms with Crippen LogP contribution in [0.2, 0.25) is 0 Å². The molecule has 0 spiro atoms. The van der Waals surface area contributed by atoms with E-state index in [-0.39, 0.29) is 10.8 Å². The van der Waals surface area contributed by atoms with E-state index in [0.29, 0.717) is 24.3 Å². The average Bonchev–Trinajstić information content (AvgIpc) is 2.69. The van der Waals surface area contributed by atoms with Crippen LogP contribution in [-0.2, 0) is 16.4 Å². The molecular formula is C21H26N2O3S. The molecule has 1 fully saturated rings. The summed E-state index contributed by atoms with van der Waals surface area (Å²) in [5.41, 5.74) is 3.02. The summed E-state index contributed by atoms with van der Waals surface area (Å²) in [7, 11) is -3.56. The minimum absolute atomic E-state index is 0.182. The highest BCUT2D eigenvalue weighted by atomic mass is 32.2. The number of sulfonamides is 1. The standard InChI is InChI=1S/C21H26N2O3S/c1-3-17-8-10-18(11-9-17)22-21(24)20-15-19(12-7-16(20)2)27(25,26)23-13-5-4-6-14-23/h7-12,15H,3-6,13-14H2,1-2H3,(H,22,24). The second-order valence-corrected chi connectivity index (χ2v) is 8.88. The van der Waals surface area contributed by atoms with Crippen LogP contribution < -0.4 is 5.32 Å². The zero-order valence-corrected chi connectivity index (χ0v) is 16.7. The van der Waals surface area contributed by atoms with Gasteiger partial charge in [0.15, 0.2) is 0 Å². The number of carbonyl (C=O) groups is 1. The van der Waals surface area contributed by atoms with Crippen molar-refractivity contribution in [1.82, 2.24) is 4.31 Å². The quantitative estimate of drug-likeness (QED) is 0.845. The average molecular weight is 387 g/mol. The highest BCUT2D eigenvalue weighted by molar-refractivity contribution is 7.89. The first-order valence-corrected chi connectivity index (χ1v) is 10.9. The molecule has 0 aliphatic carbocycles. The van der Waals surface area contributed by atoms with Crippen LogP contribution in [0, 0.1) is 6.92 Å². The maximum Gasteiger partial charge on any atom is 0.255 e. The lowest BCUT2D eigenvalue weighted by molar-refractivity contribution is 0.102. The highest BCUT2D eigenvalue weighted by Gasteiger charge is 2.27. The number of amides is 1. The third kappa shape index (κ3) is 4.39. The van der Waals surface area contributed by atoms with Crippen molar-refractivity contribution in [1.29, 1.82) is 0 Å². The number of benzene rings is 2. The van der Waals surface area contributed by atoms with Crippen LogP contribution in [0.4, 0.5) is 5.69 Å². The van der Waals surface area contributed by atoms with Gasteiger partial charge in [-0.1, -0.05) is 31.5 Å². The van der Waals surface area contributed by atoms with Crippen molar-refractivity contribution in [3.8, 4) is 0 Å². The fourth-order valence-electron chi connectivity index (χ4n) is 3.28. The van der Waals surface area contributed by atoms with Gasteiger partial charge in [0.25, 0.3) is 5.91 Å². The third-order valence-corrected chi connectivity index (χ3v) is 6.92. The van der Waals surface area contributed by atoms with Crippen LogP contribution in [0.25, 0.3) is 0 Å². The van der Waals surface area contributed by atoms with E-state index in [1.165, 1.54) is 15.9 Å². The van der Waals surface area contributed by atoms with Gasteiger partial charge < -0.3 is 5.32 Å². The number of hydrogen-bond donors (Lipinski definition) is 1. The van der Waals surface area contributed by atoms with E-state index in [2.05, 4.69) is 12.2 Å². The van der Waals surface area contributed by atoms with Crippen molar-refractivity contribution in [3.05, 3.63) is 59.2 Å². The number of hydrogen-bond acceptors (Lipinski definition) is 3. The van der Waals surface area contributed by atoms with Crippen molar-refractivity contribution in [2.24, 2.45) is 0 Å². The molecule has 1 N–H and O–H groups in total. The lowest BCUT2D eigenvalue weighted by Gasteiger charge is -2.26. The van der Waals surface area contributed by atoms with Gasteiger partial charge in [-0.05, 0) is 61.6 Å². The molecule has 2 aromatic carbocycles. The van der Waals surface area contributed by atoms with Gasteiger partial charge in [0.2, 0.25) is 10.0 Å². The van der Waals surface area contributed by atoms with Crippen molar-refractivity contribution in [2.45, 2.75) is 44.4 Å². The molecule has 1 aliphatic rings.